The molecule has 0 unspecified atom stereocenters. The van der Waals surface area contributed by atoms with Crippen molar-refractivity contribution < 1.29 is 28.5 Å². The lowest BCUT2D eigenvalue weighted by molar-refractivity contribution is 0.0725. The van der Waals surface area contributed by atoms with E-state index in [1.54, 1.807) is 97.1 Å². The van der Waals surface area contributed by atoms with E-state index in [0.29, 0.717) is 69.9 Å². The van der Waals surface area contributed by atoms with Gasteiger partial charge in [0.15, 0.2) is 11.4 Å². The number of esters is 2. The number of benzene rings is 4. The Morgan fingerprint density at radius 1 is 0.435 bits per heavy atom. The lowest BCUT2D eigenvalue weighted by Gasteiger charge is -2.12. The molecule has 0 aliphatic carbocycles. The highest BCUT2D eigenvalue weighted by Crippen LogP contribution is 2.32. The number of unbranched alkanes of at least 4 members (excludes halogenated alkanes) is 14. The molecule has 5 aromatic rings. The molecule has 0 atom stereocenters. The summed E-state index contributed by atoms with van der Waals surface area (Å²) in [5, 5.41) is 19.5. The summed E-state index contributed by atoms with van der Waals surface area (Å²) >= 11 is 0. The van der Waals surface area contributed by atoms with Crippen LogP contribution in [0.5, 0.6) is 23.0 Å². The van der Waals surface area contributed by atoms with Crippen molar-refractivity contribution in [2.45, 2.75) is 117 Å². The van der Waals surface area contributed by atoms with Gasteiger partial charge >= 0.3 is 11.9 Å². The second-order valence-electron chi connectivity index (χ2n) is 15.4. The van der Waals surface area contributed by atoms with Crippen LogP contribution in [0.2, 0.25) is 0 Å². The van der Waals surface area contributed by atoms with Crippen LogP contribution in [0.4, 0.5) is 0 Å². The van der Waals surface area contributed by atoms with Crippen LogP contribution in [0.3, 0.4) is 0 Å². The third-order valence-corrected chi connectivity index (χ3v) is 10.5. The number of ether oxygens (including phenoxy) is 4. The van der Waals surface area contributed by atoms with Gasteiger partial charge in [0.2, 0.25) is 0 Å². The Kier molecular flexibility index (Phi) is 19.5. The van der Waals surface area contributed by atoms with Crippen LogP contribution in [-0.4, -0.2) is 35.1 Å². The van der Waals surface area contributed by atoms with E-state index < -0.39 is 11.9 Å². The van der Waals surface area contributed by atoms with E-state index in [9.17, 15) is 20.1 Å². The van der Waals surface area contributed by atoms with E-state index in [-0.39, 0.29) is 11.4 Å². The molecule has 0 amide bonds. The molecule has 0 aliphatic heterocycles. The molecule has 5 rings (SSSR count). The fraction of sp³-hybridized carbons (Fsp3) is 0.385. The number of rotatable bonds is 26. The van der Waals surface area contributed by atoms with Gasteiger partial charge in [0.1, 0.15) is 35.1 Å². The molecule has 0 aliphatic rings. The number of hydrogen-bond acceptors (Lipinski definition) is 10. The van der Waals surface area contributed by atoms with Gasteiger partial charge in [-0.05, 0) is 110 Å². The first-order chi connectivity index (χ1) is 30.4. The molecule has 10 nitrogen and oxygen atoms in total. The highest BCUT2D eigenvalue weighted by Gasteiger charge is 2.18. The van der Waals surface area contributed by atoms with Crippen molar-refractivity contribution in [2.75, 3.05) is 13.2 Å². The highest BCUT2D eigenvalue weighted by molar-refractivity contribution is 5.92. The maximum atomic E-state index is 13.0. The van der Waals surface area contributed by atoms with E-state index >= 15 is 0 Å². The van der Waals surface area contributed by atoms with E-state index in [0.717, 1.165) is 25.7 Å². The van der Waals surface area contributed by atoms with Crippen molar-refractivity contribution in [3.05, 3.63) is 120 Å². The molecule has 62 heavy (non-hydrogen) atoms. The molecule has 0 spiro atoms. The lowest BCUT2D eigenvalue weighted by atomic mass is 10.0. The molecule has 0 N–H and O–H groups in total. The van der Waals surface area contributed by atoms with Crippen molar-refractivity contribution in [1.29, 1.82) is 10.5 Å². The maximum absolute atomic E-state index is 13.0. The molecule has 0 bridgehead atoms. The Hall–Kier alpha value is -6.52. The fourth-order valence-electron chi connectivity index (χ4n) is 6.91. The quantitative estimate of drug-likeness (QED) is 0.0300. The smallest absolute Gasteiger partial charge is 0.343 e. The van der Waals surface area contributed by atoms with Gasteiger partial charge in [0, 0.05) is 11.1 Å². The first kappa shape index (κ1) is 46.5. The number of carbonyl (C=O) groups is 2. The molecule has 322 valence electrons. The predicted molar refractivity (Wildman–Crippen MR) is 241 cm³/mol. The van der Waals surface area contributed by atoms with E-state index in [4.69, 9.17) is 18.9 Å². The largest absolute Gasteiger partial charge is 0.494 e. The molecule has 0 fully saturated rings. The van der Waals surface area contributed by atoms with Gasteiger partial charge in [-0.15, -0.1) is 0 Å². The minimum Gasteiger partial charge on any atom is -0.494 e. The lowest BCUT2D eigenvalue weighted by Crippen LogP contribution is -2.08. The molecule has 10 heteroatoms. The minimum atomic E-state index is -0.519. The van der Waals surface area contributed by atoms with Crippen molar-refractivity contribution >= 4 is 11.9 Å². The summed E-state index contributed by atoms with van der Waals surface area (Å²) in [6.45, 7) is 5.73. The predicted octanol–water partition coefficient (Wildman–Crippen LogP) is 13.0. The summed E-state index contributed by atoms with van der Waals surface area (Å²) < 4.78 is 23.0. The van der Waals surface area contributed by atoms with Crippen LogP contribution in [-0.2, 0) is 0 Å². The summed E-state index contributed by atoms with van der Waals surface area (Å²) in [4.78, 5) is 35.0. The van der Waals surface area contributed by atoms with Crippen molar-refractivity contribution in [2.24, 2.45) is 0 Å². The van der Waals surface area contributed by atoms with Crippen LogP contribution >= 0.6 is 0 Å². The number of nitrogens with zero attached hydrogens (tertiary/aromatic N) is 4. The van der Waals surface area contributed by atoms with Crippen molar-refractivity contribution in [3.63, 3.8) is 0 Å². The molecule has 0 saturated carbocycles. The number of nitriles is 2. The molecular formula is C52H58N4O6. The zero-order chi connectivity index (χ0) is 43.8. The molecule has 4 aromatic carbocycles. The Morgan fingerprint density at radius 3 is 1.06 bits per heavy atom. The molecule has 1 aromatic heterocycles. The number of carbonyl (C=O) groups excluding carboxylic acids is 2. The second-order valence-corrected chi connectivity index (χ2v) is 15.4. The normalized spacial score (nSPS) is 10.7. The van der Waals surface area contributed by atoms with Gasteiger partial charge in [-0.3, -0.25) is 0 Å². The van der Waals surface area contributed by atoms with Gasteiger partial charge in [-0.2, -0.15) is 10.5 Å². The third kappa shape index (κ3) is 14.9. The Balaban J connectivity index is 1.15. The van der Waals surface area contributed by atoms with Crippen LogP contribution in [0.25, 0.3) is 22.5 Å². The molecular weight excluding hydrogens is 777 g/mol. The summed E-state index contributed by atoms with van der Waals surface area (Å²) in [6, 6.07) is 31.0. The van der Waals surface area contributed by atoms with Crippen LogP contribution < -0.4 is 18.9 Å². The zero-order valence-electron chi connectivity index (χ0n) is 36.2. The van der Waals surface area contributed by atoms with E-state index in [1.165, 1.54) is 77.0 Å². The maximum Gasteiger partial charge on any atom is 0.343 e. The van der Waals surface area contributed by atoms with Crippen molar-refractivity contribution in [1.82, 2.24) is 9.97 Å². The molecule has 0 saturated heterocycles. The number of aromatic nitrogens is 2. The monoisotopic (exact) mass is 834 g/mol. The molecule has 1 heterocycles. The van der Waals surface area contributed by atoms with E-state index in [2.05, 4.69) is 23.8 Å². The Labute approximate surface area is 366 Å². The van der Waals surface area contributed by atoms with Crippen LogP contribution in [0.15, 0.2) is 97.1 Å². The summed E-state index contributed by atoms with van der Waals surface area (Å²) in [5.74, 6) is 0.991. The average Bonchev–Trinajstić information content (AvgIpc) is 3.31. The Morgan fingerprint density at radius 2 is 0.742 bits per heavy atom. The van der Waals surface area contributed by atoms with Gasteiger partial charge < -0.3 is 18.9 Å². The highest BCUT2D eigenvalue weighted by atomic mass is 16.5. The second kappa shape index (κ2) is 26.0. The standard InChI is InChI=1S/C52H58N4O6/c1-3-5-7-9-11-13-15-17-35-59-43-27-23-41(24-28-43)51(57)61-45-31-19-39(20-32-45)49-50(56-48(38-54)47(37-53)55-49)40-21-33-46(34-22-40)62-52(58)42-25-29-44(30-26-42)60-36-18-16-14-12-10-8-6-4-2/h19-34H,3-18,35-36H2,1-2H3. The van der Waals surface area contributed by atoms with Crippen LogP contribution in [0.1, 0.15) is 149 Å². The van der Waals surface area contributed by atoms with E-state index in [1.807, 2.05) is 12.1 Å². The van der Waals surface area contributed by atoms with Gasteiger partial charge in [-0.25, -0.2) is 19.6 Å². The first-order valence-corrected chi connectivity index (χ1v) is 22.3. The van der Waals surface area contributed by atoms with Crippen LogP contribution in [0, 0.1) is 22.7 Å². The third-order valence-electron chi connectivity index (χ3n) is 10.5. The topological polar surface area (TPSA) is 144 Å². The first-order valence-electron chi connectivity index (χ1n) is 22.3. The van der Waals surface area contributed by atoms with Gasteiger partial charge in [0.05, 0.1) is 35.7 Å². The molecule has 0 radical (unpaired) electrons. The summed E-state index contributed by atoms with van der Waals surface area (Å²) in [7, 11) is 0. The van der Waals surface area contributed by atoms with Gasteiger partial charge in [-0.1, -0.05) is 104 Å². The summed E-state index contributed by atoms with van der Waals surface area (Å²) in [5.41, 5.74) is 2.36. The average molecular weight is 835 g/mol. The van der Waals surface area contributed by atoms with Gasteiger partial charge in [0.25, 0.3) is 0 Å². The fourth-order valence-corrected chi connectivity index (χ4v) is 6.91. The Bertz CT molecular complexity index is 2070. The SMILES string of the molecule is CCCCCCCCCCOc1ccc(C(=O)Oc2ccc(-c3nc(C#N)c(C#N)nc3-c3ccc(OC(=O)c4ccc(OCCCCCCCCCC)cc4)cc3)cc2)cc1. The zero-order valence-corrected chi connectivity index (χ0v) is 36.2. The van der Waals surface area contributed by atoms with Crippen molar-refractivity contribution in [3.8, 4) is 57.7 Å². The minimum absolute atomic E-state index is 0.123. The summed E-state index contributed by atoms with van der Waals surface area (Å²) in [6.07, 6.45) is 19.7. The number of hydrogen-bond donors (Lipinski definition) is 0.